The summed E-state index contributed by atoms with van der Waals surface area (Å²) in [5.41, 5.74) is 1.92. The van der Waals surface area contributed by atoms with E-state index in [0.717, 1.165) is 11.4 Å². The van der Waals surface area contributed by atoms with Crippen LogP contribution in [-0.2, 0) is 16.1 Å². The standard InChI is InChI=1S/C14H22N4O2/c1-4-13(19)16-5-7-17(8-6-16)14(20)10-18-12(3)9-11(2)15-18/h9H,4-8,10H2,1-3H3. The van der Waals surface area contributed by atoms with Gasteiger partial charge in [0, 0.05) is 38.3 Å². The van der Waals surface area contributed by atoms with Crippen molar-refractivity contribution in [3.05, 3.63) is 17.5 Å². The highest BCUT2D eigenvalue weighted by molar-refractivity contribution is 5.78. The average molecular weight is 278 g/mol. The molecule has 0 N–H and O–H groups in total. The quantitative estimate of drug-likeness (QED) is 0.812. The van der Waals surface area contributed by atoms with Crippen molar-refractivity contribution >= 4 is 11.8 Å². The highest BCUT2D eigenvalue weighted by atomic mass is 16.2. The summed E-state index contributed by atoms with van der Waals surface area (Å²) in [6.45, 7) is 8.51. The van der Waals surface area contributed by atoms with E-state index in [0.29, 0.717) is 32.6 Å². The Labute approximate surface area is 119 Å². The second-order valence-corrected chi connectivity index (χ2v) is 5.20. The van der Waals surface area contributed by atoms with Gasteiger partial charge in [-0.2, -0.15) is 5.10 Å². The van der Waals surface area contributed by atoms with Gasteiger partial charge in [0.25, 0.3) is 0 Å². The minimum absolute atomic E-state index is 0.0693. The topological polar surface area (TPSA) is 58.4 Å². The summed E-state index contributed by atoms with van der Waals surface area (Å²) >= 11 is 0. The minimum atomic E-state index is 0.0693. The Morgan fingerprint density at radius 3 is 2.10 bits per heavy atom. The van der Waals surface area contributed by atoms with E-state index in [1.165, 1.54) is 0 Å². The summed E-state index contributed by atoms with van der Waals surface area (Å²) in [6.07, 6.45) is 0.527. The molecular formula is C14H22N4O2. The molecule has 0 aliphatic carbocycles. The molecular weight excluding hydrogens is 256 g/mol. The van der Waals surface area contributed by atoms with Crippen LogP contribution in [0.5, 0.6) is 0 Å². The van der Waals surface area contributed by atoms with Crippen LogP contribution in [0, 0.1) is 13.8 Å². The lowest BCUT2D eigenvalue weighted by Crippen LogP contribution is -2.51. The molecule has 0 spiro atoms. The smallest absolute Gasteiger partial charge is 0.244 e. The molecule has 2 heterocycles. The van der Waals surface area contributed by atoms with Gasteiger partial charge in [0.1, 0.15) is 6.54 Å². The Kier molecular flexibility index (Phi) is 4.42. The molecule has 1 fully saturated rings. The highest BCUT2D eigenvalue weighted by Crippen LogP contribution is 2.07. The number of nitrogens with zero attached hydrogens (tertiary/aromatic N) is 4. The van der Waals surface area contributed by atoms with Gasteiger partial charge in [-0.15, -0.1) is 0 Å². The molecule has 0 radical (unpaired) electrons. The third-order valence-electron chi connectivity index (χ3n) is 3.68. The molecule has 6 nitrogen and oxygen atoms in total. The van der Waals surface area contributed by atoms with Gasteiger partial charge in [-0.25, -0.2) is 0 Å². The van der Waals surface area contributed by atoms with Gasteiger partial charge < -0.3 is 9.80 Å². The number of hydrogen-bond acceptors (Lipinski definition) is 3. The molecule has 1 aromatic rings. The molecule has 0 unspecified atom stereocenters. The molecule has 2 amide bonds. The van der Waals surface area contributed by atoms with E-state index in [1.807, 2.05) is 36.6 Å². The molecule has 1 aliphatic heterocycles. The third kappa shape index (κ3) is 3.18. The fraction of sp³-hybridized carbons (Fsp3) is 0.643. The van der Waals surface area contributed by atoms with Crippen molar-refractivity contribution < 1.29 is 9.59 Å². The SMILES string of the molecule is CCC(=O)N1CCN(C(=O)Cn2nc(C)cc2C)CC1. The number of carbonyl (C=O) groups excluding carboxylic acids is 2. The van der Waals surface area contributed by atoms with Crippen LogP contribution in [0.25, 0.3) is 0 Å². The molecule has 1 aromatic heterocycles. The zero-order valence-electron chi connectivity index (χ0n) is 12.4. The Morgan fingerprint density at radius 1 is 1.10 bits per heavy atom. The van der Waals surface area contributed by atoms with Crippen LogP contribution >= 0.6 is 0 Å². The van der Waals surface area contributed by atoms with Crippen molar-refractivity contribution in [2.45, 2.75) is 33.7 Å². The van der Waals surface area contributed by atoms with Crippen molar-refractivity contribution in [3.8, 4) is 0 Å². The van der Waals surface area contributed by atoms with Crippen LogP contribution in [0.2, 0.25) is 0 Å². The number of carbonyl (C=O) groups is 2. The fourth-order valence-electron chi connectivity index (χ4n) is 2.49. The van der Waals surface area contributed by atoms with Crippen molar-refractivity contribution in [1.29, 1.82) is 0 Å². The molecule has 0 atom stereocenters. The van der Waals surface area contributed by atoms with Gasteiger partial charge in [-0.05, 0) is 19.9 Å². The van der Waals surface area contributed by atoms with E-state index in [2.05, 4.69) is 5.10 Å². The van der Waals surface area contributed by atoms with Crippen molar-refractivity contribution in [2.75, 3.05) is 26.2 Å². The number of hydrogen-bond donors (Lipinski definition) is 0. The maximum Gasteiger partial charge on any atom is 0.244 e. The molecule has 1 saturated heterocycles. The van der Waals surface area contributed by atoms with E-state index >= 15 is 0 Å². The molecule has 6 heteroatoms. The van der Waals surface area contributed by atoms with E-state index < -0.39 is 0 Å². The second kappa shape index (κ2) is 6.07. The maximum atomic E-state index is 12.2. The zero-order valence-corrected chi connectivity index (χ0v) is 12.4. The highest BCUT2D eigenvalue weighted by Gasteiger charge is 2.23. The van der Waals surface area contributed by atoms with Gasteiger partial charge in [-0.3, -0.25) is 14.3 Å². The van der Waals surface area contributed by atoms with Crippen LogP contribution in [-0.4, -0.2) is 57.6 Å². The molecule has 2 rings (SSSR count). The molecule has 20 heavy (non-hydrogen) atoms. The number of rotatable bonds is 3. The Balaban J connectivity index is 1.89. The number of piperazine rings is 1. The van der Waals surface area contributed by atoms with Crippen molar-refractivity contribution in [2.24, 2.45) is 0 Å². The van der Waals surface area contributed by atoms with Gasteiger partial charge >= 0.3 is 0 Å². The van der Waals surface area contributed by atoms with Crippen molar-refractivity contribution in [3.63, 3.8) is 0 Å². The summed E-state index contributed by atoms with van der Waals surface area (Å²) in [4.78, 5) is 27.5. The van der Waals surface area contributed by atoms with Gasteiger partial charge in [0.2, 0.25) is 11.8 Å². The summed E-state index contributed by atoms with van der Waals surface area (Å²) in [6, 6.07) is 1.96. The van der Waals surface area contributed by atoms with Gasteiger partial charge in [0.05, 0.1) is 5.69 Å². The van der Waals surface area contributed by atoms with E-state index in [1.54, 1.807) is 4.68 Å². The van der Waals surface area contributed by atoms with Crippen LogP contribution in [0.3, 0.4) is 0 Å². The van der Waals surface area contributed by atoms with Crippen LogP contribution in [0.15, 0.2) is 6.07 Å². The minimum Gasteiger partial charge on any atom is -0.339 e. The van der Waals surface area contributed by atoms with E-state index in [4.69, 9.17) is 0 Å². The Hall–Kier alpha value is -1.85. The molecule has 0 aromatic carbocycles. The van der Waals surface area contributed by atoms with Gasteiger partial charge in [0.15, 0.2) is 0 Å². The molecule has 1 aliphatic rings. The van der Waals surface area contributed by atoms with Gasteiger partial charge in [-0.1, -0.05) is 6.92 Å². The number of amides is 2. The zero-order chi connectivity index (χ0) is 14.7. The normalized spacial score (nSPS) is 15.6. The first-order valence-corrected chi connectivity index (χ1v) is 7.08. The third-order valence-corrected chi connectivity index (χ3v) is 3.68. The lowest BCUT2D eigenvalue weighted by atomic mass is 10.3. The molecule has 0 saturated carbocycles. The largest absolute Gasteiger partial charge is 0.339 e. The first-order chi connectivity index (χ1) is 9.51. The second-order valence-electron chi connectivity index (χ2n) is 5.20. The van der Waals surface area contributed by atoms with Crippen LogP contribution in [0.4, 0.5) is 0 Å². The molecule has 0 bridgehead atoms. The molecule has 110 valence electrons. The summed E-state index contributed by atoms with van der Waals surface area (Å²) < 4.78 is 1.74. The first-order valence-electron chi connectivity index (χ1n) is 7.08. The van der Waals surface area contributed by atoms with Crippen LogP contribution in [0.1, 0.15) is 24.7 Å². The van der Waals surface area contributed by atoms with Crippen LogP contribution < -0.4 is 0 Å². The van der Waals surface area contributed by atoms with E-state index in [-0.39, 0.29) is 18.4 Å². The predicted molar refractivity (Wildman–Crippen MR) is 75.2 cm³/mol. The summed E-state index contributed by atoms with van der Waals surface area (Å²) in [5.74, 6) is 0.232. The Bertz CT molecular complexity index is 501. The maximum absolute atomic E-state index is 12.2. The summed E-state index contributed by atoms with van der Waals surface area (Å²) in [5, 5.41) is 4.31. The van der Waals surface area contributed by atoms with E-state index in [9.17, 15) is 9.59 Å². The Morgan fingerprint density at radius 2 is 1.65 bits per heavy atom. The van der Waals surface area contributed by atoms with Crippen molar-refractivity contribution in [1.82, 2.24) is 19.6 Å². The monoisotopic (exact) mass is 278 g/mol. The fourth-order valence-corrected chi connectivity index (χ4v) is 2.49. The first kappa shape index (κ1) is 14.6. The summed E-state index contributed by atoms with van der Waals surface area (Å²) in [7, 11) is 0. The number of aromatic nitrogens is 2. The lowest BCUT2D eigenvalue weighted by molar-refractivity contribution is -0.139. The lowest BCUT2D eigenvalue weighted by Gasteiger charge is -2.34. The number of aryl methyl sites for hydroxylation is 2. The predicted octanol–water partition coefficient (Wildman–Crippen LogP) is 0.581. The average Bonchev–Trinajstić information content (AvgIpc) is 2.76.